The van der Waals surface area contributed by atoms with Crippen LogP contribution in [0, 0.1) is 0 Å². The van der Waals surface area contributed by atoms with Gasteiger partial charge in [-0.2, -0.15) is 0 Å². The largest absolute Gasteiger partial charge is 0.497 e. The van der Waals surface area contributed by atoms with Crippen LogP contribution >= 0.6 is 0 Å². The summed E-state index contributed by atoms with van der Waals surface area (Å²) in [7, 11) is 1.59. The lowest BCUT2D eigenvalue weighted by Gasteiger charge is -2.40. The molecule has 4 amide bonds. The van der Waals surface area contributed by atoms with Crippen LogP contribution in [-0.2, 0) is 9.53 Å². The zero-order valence-electron chi connectivity index (χ0n) is 21.3. The predicted octanol–water partition coefficient (Wildman–Crippen LogP) is 2.33. The molecule has 1 aromatic carbocycles. The number of piperazine rings is 1. The molecule has 0 aliphatic carbocycles. The Morgan fingerprint density at radius 1 is 1.11 bits per heavy atom. The van der Waals surface area contributed by atoms with Crippen LogP contribution in [0.1, 0.15) is 39.3 Å². The van der Waals surface area contributed by atoms with Crippen molar-refractivity contribution < 1.29 is 23.9 Å². The third-order valence-electron chi connectivity index (χ3n) is 6.14. The minimum atomic E-state index is -0.636. The van der Waals surface area contributed by atoms with Crippen molar-refractivity contribution in [2.45, 2.75) is 39.8 Å². The van der Waals surface area contributed by atoms with Crippen molar-refractivity contribution in [3.05, 3.63) is 41.1 Å². The Bertz CT molecular complexity index is 938. The number of nitrogens with one attached hydrogen (secondary N) is 2. The predicted molar refractivity (Wildman–Crippen MR) is 132 cm³/mol. The van der Waals surface area contributed by atoms with Gasteiger partial charge in [0.15, 0.2) is 0 Å². The Morgan fingerprint density at radius 3 is 2.31 bits per heavy atom. The Labute approximate surface area is 207 Å². The van der Waals surface area contributed by atoms with Crippen LogP contribution in [0.15, 0.2) is 35.5 Å². The first-order valence-corrected chi connectivity index (χ1v) is 12.2. The van der Waals surface area contributed by atoms with Crippen LogP contribution in [0.3, 0.4) is 0 Å². The molecule has 0 saturated carbocycles. The van der Waals surface area contributed by atoms with E-state index in [9.17, 15) is 14.4 Å². The fourth-order valence-corrected chi connectivity index (χ4v) is 4.36. The van der Waals surface area contributed by atoms with E-state index < -0.39 is 12.0 Å². The summed E-state index contributed by atoms with van der Waals surface area (Å²) in [6.07, 6.45) is 0. The summed E-state index contributed by atoms with van der Waals surface area (Å²) in [5.74, 6) is 0.240. The van der Waals surface area contributed by atoms with Crippen molar-refractivity contribution in [1.29, 1.82) is 0 Å². The summed E-state index contributed by atoms with van der Waals surface area (Å²) in [5.41, 5.74) is 1.83. The number of benzene rings is 1. The van der Waals surface area contributed by atoms with Gasteiger partial charge in [-0.3, -0.25) is 9.80 Å². The summed E-state index contributed by atoms with van der Waals surface area (Å²) < 4.78 is 10.7. The molecular formula is C25H37N5O5. The second-order valence-corrected chi connectivity index (χ2v) is 8.85. The standard InChI is InChI=1S/C25H37N5O5/c1-6-30-20(16-28-12-14-29(15-13-28)24(32)26-17(3)4)21(23(31)35-7-2)22(27-25(30)33)18-8-10-19(34-5)11-9-18/h8-11,17,22H,6-7,12-16H2,1-5H3,(H,26,32)(H,27,33)/t22-/m1/s1. The first-order valence-electron chi connectivity index (χ1n) is 12.2. The number of esters is 1. The van der Waals surface area contributed by atoms with Gasteiger partial charge in [-0.15, -0.1) is 0 Å². The molecule has 1 saturated heterocycles. The summed E-state index contributed by atoms with van der Waals surface area (Å²) in [5, 5.41) is 5.90. The highest BCUT2D eigenvalue weighted by atomic mass is 16.5. The maximum atomic E-state index is 13.2. The molecule has 0 aromatic heterocycles. The summed E-state index contributed by atoms with van der Waals surface area (Å²) in [6, 6.07) is 6.40. The van der Waals surface area contributed by atoms with Gasteiger partial charge in [0.25, 0.3) is 0 Å². The summed E-state index contributed by atoms with van der Waals surface area (Å²) >= 11 is 0. The normalized spacial score (nSPS) is 19.0. The van der Waals surface area contributed by atoms with E-state index in [1.165, 1.54) is 0 Å². The molecule has 0 radical (unpaired) electrons. The molecule has 0 bridgehead atoms. The van der Waals surface area contributed by atoms with Crippen molar-refractivity contribution in [2.75, 3.05) is 53.0 Å². The molecule has 3 rings (SSSR count). The number of carbonyl (C=O) groups excluding carboxylic acids is 3. The van der Waals surface area contributed by atoms with Crippen LogP contribution in [0.4, 0.5) is 9.59 Å². The fraction of sp³-hybridized carbons (Fsp3) is 0.560. The molecule has 1 fully saturated rings. The van der Waals surface area contributed by atoms with E-state index in [0.29, 0.717) is 56.3 Å². The Morgan fingerprint density at radius 2 is 1.77 bits per heavy atom. The smallest absolute Gasteiger partial charge is 0.338 e. The van der Waals surface area contributed by atoms with Gasteiger partial charge >= 0.3 is 18.0 Å². The number of hydrogen-bond donors (Lipinski definition) is 2. The quantitative estimate of drug-likeness (QED) is 0.546. The van der Waals surface area contributed by atoms with Gasteiger partial charge in [0.1, 0.15) is 5.75 Å². The number of nitrogens with zero attached hydrogens (tertiary/aromatic N) is 3. The van der Waals surface area contributed by atoms with Crippen molar-refractivity contribution in [3.8, 4) is 5.75 Å². The minimum Gasteiger partial charge on any atom is -0.497 e. The first-order chi connectivity index (χ1) is 16.8. The van der Waals surface area contributed by atoms with Crippen LogP contribution < -0.4 is 15.4 Å². The number of ether oxygens (including phenoxy) is 2. The average molecular weight is 488 g/mol. The lowest BCUT2D eigenvalue weighted by Crippen LogP contribution is -2.55. The van der Waals surface area contributed by atoms with Gasteiger partial charge in [-0.1, -0.05) is 12.1 Å². The summed E-state index contributed by atoms with van der Waals surface area (Å²) in [6.45, 7) is 11.0. The Kier molecular flexibility index (Phi) is 8.97. The molecule has 0 spiro atoms. The summed E-state index contributed by atoms with van der Waals surface area (Å²) in [4.78, 5) is 44.2. The molecule has 0 unspecified atom stereocenters. The van der Waals surface area contributed by atoms with E-state index in [-0.39, 0.29) is 24.7 Å². The number of hydrogen-bond acceptors (Lipinski definition) is 6. The van der Waals surface area contributed by atoms with Crippen LogP contribution in [-0.4, -0.2) is 91.8 Å². The molecule has 35 heavy (non-hydrogen) atoms. The number of carbonyl (C=O) groups is 3. The molecular weight excluding hydrogens is 450 g/mol. The molecule has 1 aromatic rings. The van der Waals surface area contributed by atoms with Gasteiger partial charge in [-0.25, -0.2) is 14.4 Å². The molecule has 2 aliphatic rings. The van der Waals surface area contributed by atoms with E-state index in [1.54, 1.807) is 36.0 Å². The van der Waals surface area contributed by atoms with Crippen LogP contribution in [0.5, 0.6) is 5.75 Å². The van der Waals surface area contributed by atoms with Crippen molar-refractivity contribution in [2.24, 2.45) is 0 Å². The Hall–Kier alpha value is -3.27. The zero-order valence-corrected chi connectivity index (χ0v) is 21.3. The number of urea groups is 2. The Balaban J connectivity index is 1.90. The lowest BCUT2D eigenvalue weighted by molar-refractivity contribution is -0.139. The monoisotopic (exact) mass is 487 g/mol. The van der Waals surface area contributed by atoms with Gasteiger partial charge in [0.2, 0.25) is 0 Å². The lowest BCUT2D eigenvalue weighted by atomic mass is 9.94. The average Bonchev–Trinajstić information content (AvgIpc) is 2.84. The van der Waals surface area contributed by atoms with E-state index in [2.05, 4.69) is 15.5 Å². The maximum Gasteiger partial charge on any atom is 0.338 e. The molecule has 2 heterocycles. The van der Waals surface area contributed by atoms with Crippen molar-refractivity contribution in [1.82, 2.24) is 25.3 Å². The van der Waals surface area contributed by atoms with E-state index in [4.69, 9.17) is 9.47 Å². The number of rotatable bonds is 8. The third kappa shape index (κ3) is 6.25. The van der Waals surface area contributed by atoms with Crippen LogP contribution in [0.2, 0.25) is 0 Å². The van der Waals surface area contributed by atoms with Gasteiger partial charge in [0, 0.05) is 51.0 Å². The highest BCUT2D eigenvalue weighted by Crippen LogP contribution is 2.33. The number of methoxy groups -OCH3 is 1. The molecule has 1 atom stereocenters. The highest BCUT2D eigenvalue weighted by molar-refractivity contribution is 5.95. The van der Waals surface area contributed by atoms with E-state index >= 15 is 0 Å². The van der Waals surface area contributed by atoms with Gasteiger partial charge < -0.3 is 25.0 Å². The third-order valence-corrected chi connectivity index (χ3v) is 6.14. The number of likely N-dealkylation sites (N-methyl/N-ethyl adjacent to an activating group) is 1. The SMILES string of the molecule is CCOC(=O)C1=C(CN2CCN(C(=O)NC(C)C)CC2)N(CC)C(=O)N[C@@H]1c1ccc(OC)cc1. The molecule has 192 valence electrons. The molecule has 2 N–H and O–H groups in total. The second-order valence-electron chi connectivity index (χ2n) is 8.85. The fourth-order valence-electron chi connectivity index (χ4n) is 4.36. The highest BCUT2D eigenvalue weighted by Gasteiger charge is 2.38. The molecule has 10 nitrogen and oxygen atoms in total. The van der Waals surface area contributed by atoms with Gasteiger partial charge in [-0.05, 0) is 45.4 Å². The molecule has 2 aliphatic heterocycles. The minimum absolute atomic E-state index is 0.0714. The van der Waals surface area contributed by atoms with Crippen LogP contribution in [0.25, 0.3) is 0 Å². The van der Waals surface area contributed by atoms with Crippen molar-refractivity contribution >= 4 is 18.0 Å². The first kappa shape index (κ1) is 26.3. The topological polar surface area (TPSA) is 103 Å². The van der Waals surface area contributed by atoms with E-state index in [1.807, 2.05) is 32.9 Å². The number of amides is 4. The maximum absolute atomic E-state index is 13.2. The molecule has 10 heteroatoms. The zero-order chi connectivity index (χ0) is 25.5. The van der Waals surface area contributed by atoms with Crippen molar-refractivity contribution in [3.63, 3.8) is 0 Å². The second kappa shape index (κ2) is 11.9. The van der Waals surface area contributed by atoms with Gasteiger partial charge in [0.05, 0.1) is 25.3 Å². The van der Waals surface area contributed by atoms with E-state index in [0.717, 1.165) is 5.56 Å².